The summed E-state index contributed by atoms with van der Waals surface area (Å²) < 4.78 is 5.83. The monoisotopic (exact) mass is 253 g/mol. The van der Waals surface area contributed by atoms with E-state index in [1.54, 1.807) is 0 Å². The first-order valence-corrected chi connectivity index (χ1v) is 6.83. The van der Waals surface area contributed by atoms with Crippen LogP contribution >= 0.6 is 0 Å². The Morgan fingerprint density at radius 2 is 1.53 bits per heavy atom. The van der Waals surface area contributed by atoms with Crippen LogP contribution in [0.2, 0.25) is 0 Å². The predicted molar refractivity (Wildman–Crippen MR) is 77.5 cm³/mol. The van der Waals surface area contributed by atoms with Gasteiger partial charge >= 0.3 is 0 Å². The molecule has 3 rings (SSSR count). The Bertz CT molecular complexity index is 505. The minimum atomic E-state index is 0.260. The van der Waals surface area contributed by atoms with Gasteiger partial charge in [0.25, 0.3) is 0 Å². The SMILES string of the molecule is c1ccc(OCCC2(c3ccccc3)CNC2)cc1. The summed E-state index contributed by atoms with van der Waals surface area (Å²) in [6.45, 7) is 2.87. The van der Waals surface area contributed by atoms with Crippen LogP contribution in [0.5, 0.6) is 5.75 Å². The predicted octanol–water partition coefficient (Wildman–Crippen LogP) is 3.00. The fraction of sp³-hybridized carbons (Fsp3) is 0.294. The van der Waals surface area contributed by atoms with Gasteiger partial charge in [0.1, 0.15) is 5.75 Å². The summed E-state index contributed by atoms with van der Waals surface area (Å²) in [7, 11) is 0. The Morgan fingerprint density at radius 1 is 0.895 bits per heavy atom. The number of nitrogens with one attached hydrogen (secondary N) is 1. The third-order valence-corrected chi connectivity index (χ3v) is 3.91. The number of para-hydroxylation sites is 1. The highest BCUT2D eigenvalue weighted by molar-refractivity contribution is 5.29. The lowest BCUT2D eigenvalue weighted by Gasteiger charge is -2.43. The molecule has 0 aromatic heterocycles. The Balaban J connectivity index is 1.62. The van der Waals surface area contributed by atoms with Gasteiger partial charge in [0.05, 0.1) is 6.61 Å². The smallest absolute Gasteiger partial charge is 0.119 e. The molecule has 98 valence electrons. The van der Waals surface area contributed by atoms with Crippen molar-refractivity contribution in [2.45, 2.75) is 11.8 Å². The van der Waals surface area contributed by atoms with E-state index in [2.05, 4.69) is 35.6 Å². The van der Waals surface area contributed by atoms with Crippen LogP contribution in [0.25, 0.3) is 0 Å². The Hall–Kier alpha value is -1.80. The van der Waals surface area contributed by atoms with E-state index in [4.69, 9.17) is 4.74 Å². The fourth-order valence-electron chi connectivity index (χ4n) is 2.62. The third-order valence-electron chi connectivity index (χ3n) is 3.91. The van der Waals surface area contributed by atoms with E-state index in [0.717, 1.165) is 31.9 Å². The van der Waals surface area contributed by atoms with Crippen LogP contribution in [0.3, 0.4) is 0 Å². The van der Waals surface area contributed by atoms with Crippen molar-refractivity contribution in [3.63, 3.8) is 0 Å². The number of ether oxygens (including phenoxy) is 1. The Kier molecular flexibility index (Phi) is 3.51. The van der Waals surface area contributed by atoms with Crippen molar-refractivity contribution in [1.29, 1.82) is 0 Å². The van der Waals surface area contributed by atoms with Gasteiger partial charge in [-0.1, -0.05) is 48.5 Å². The zero-order chi connectivity index (χ0) is 13.0. The summed E-state index contributed by atoms with van der Waals surface area (Å²) in [6.07, 6.45) is 1.05. The topological polar surface area (TPSA) is 21.3 Å². The summed E-state index contributed by atoms with van der Waals surface area (Å²) >= 11 is 0. The standard InChI is InChI=1S/C17H19NO/c1-3-7-15(8-4-1)17(13-18-14-17)11-12-19-16-9-5-2-6-10-16/h1-10,18H,11-14H2. The van der Waals surface area contributed by atoms with Crippen molar-refractivity contribution in [1.82, 2.24) is 5.32 Å². The molecule has 0 bridgehead atoms. The molecule has 1 fully saturated rings. The van der Waals surface area contributed by atoms with Crippen LogP contribution in [0, 0.1) is 0 Å². The summed E-state index contributed by atoms with van der Waals surface area (Å²) in [4.78, 5) is 0. The Labute approximate surface area is 114 Å². The lowest BCUT2D eigenvalue weighted by Crippen LogP contribution is -2.57. The molecule has 2 aromatic rings. The molecular weight excluding hydrogens is 234 g/mol. The van der Waals surface area contributed by atoms with E-state index in [0.29, 0.717) is 0 Å². The zero-order valence-corrected chi connectivity index (χ0v) is 11.0. The maximum absolute atomic E-state index is 5.83. The average molecular weight is 253 g/mol. The summed E-state index contributed by atoms with van der Waals surface area (Å²) in [5.74, 6) is 0.956. The molecule has 2 nitrogen and oxygen atoms in total. The van der Waals surface area contributed by atoms with E-state index in [9.17, 15) is 0 Å². The molecule has 0 aliphatic carbocycles. The molecule has 0 radical (unpaired) electrons. The molecular formula is C17H19NO. The number of benzene rings is 2. The van der Waals surface area contributed by atoms with Crippen LogP contribution in [-0.4, -0.2) is 19.7 Å². The first kappa shape index (κ1) is 12.2. The summed E-state index contributed by atoms with van der Waals surface area (Å²) in [5, 5.41) is 3.39. The highest BCUT2D eigenvalue weighted by Gasteiger charge is 2.38. The molecule has 1 saturated heterocycles. The molecule has 0 amide bonds. The first-order valence-electron chi connectivity index (χ1n) is 6.83. The minimum absolute atomic E-state index is 0.260. The fourth-order valence-corrected chi connectivity index (χ4v) is 2.62. The van der Waals surface area contributed by atoms with Gasteiger partial charge in [0, 0.05) is 18.5 Å². The molecule has 0 atom stereocenters. The second kappa shape index (κ2) is 5.45. The highest BCUT2D eigenvalue weighted by Crippen LogP contribution is 2.32. The van der Waals surface area contributed by atoms with Gasteiger partial charge in [-0.25, -0.2) is 0 Å². The van der Waals surface area contributed by atoms with Crippen LogP contribution in [0.15, 0.2) is 60.7 Å². The molecule has 19 heavy (non-hydrogen) atoms. The average Bonchev–Trinajstić information content (AvgIpc) is 2.44. The van der Waals surface area contributed by atoms with Crippen molar-refractivity contribution in [3.8, 4) is 5.75 Å². The van der Waals surface area contributed by atoms with Gasteiger partial charge in [-0.2, -0.15) is 0 Å². The normalized spacial score (nSPS) is 16.6. The second-order valence-electron chi connectivity index (χ2n) is 5.16. The van der Waals surface area contributed by atoms with Crippen LogP contribution in [0.1, 0.15) is 12.0 Å². The molecule has 2 heteroatoms. The van der Waals surface area contributed by atoms with Crippen molar-refractivity contribution < 1.29 is 4.74 Å². The minimum Gasteiger partial charge on any atom is -0.494 e. The zero-order valence-electron chi connectivity index (χ0n) is 11.0. The van der Waals surface area contributed by atoms with Crippen molar-refractivity contribution in [2.24, 2.45) is 0 Å². The van der Waals surface area contributed by atoms with Crippen molar-refractivity contribution >= 4 is 0 Å². The third kappa shape index (κ3) is 2.64. The lowest BCUT2D eigenvalue weighted by molar-refractivity contribution is 0.199. The van der Waals surface area contributed by atoms with Crippen molar-refractivity contribution in [3.05, 3.63) is 66.2 Å². The maximum Gasteiger partial charge on any atom is 0.119 e. The highest BCUT2D eigenvalue weighted by atomic mass is 16.5. The van der Waals surface area contributed by atoms with Gasteiger partial charge < -0.3 is 10.1 Å². The van der Waals surface area contributed by atoms with E-state index in [1.165, 1.54) is 5.56 Å². The molecule has 1 aliphatic heterocycles. The molecule has 1 heterocycles. The molecule has 0 saturated carbocycles. The van der Waals surface area contributed by atoms with E-state index < -0.39 is 0 Å². The van der Waals surface area contributed by atoms with E-state index in [1.807, 2.05) is 30.3 Å². The number of rotatable bonds is 5. The van der Waals surface area contributed by atoms with E-state index in [-0.39, 0.29) is 5.41 Å². The van der Waals surface area contributed by atoms with Crippen LogP contribution < -0.4 is 10.1 Å². The quantitative estimate of drug-likeness (QED) is 0.884. The maximum atomic E-state index is 5.83. The molecule has 0 unspecified atom stereocenters. The number of hydrogen-bond donors (Lipinski definition) is 1. The van der Waals surface area contributed by atoms with Gasteiger partial charge in [-0.05, 0) is 24.1 Å². The summed E-state index contributed by atoms with van der Waals surface area (Å²) in [6, 6.07) is 20.8. The summed E-state index contributed by atoms with van der Waals surface area (Å²) in [5.41, 5.74) is 1.68. The molecule has 2 aromatic carbocycles. The lowest BCUT2D eigenvalue weighted by atomic mass is 9.73. The molecule has 1 aliphatic rings. The van der Waals surface area contributed by atoms with Gasteiger partial charge in [0.2, 0.25) is 0 Å². The van der Waals surface area contributed by atoms with Gasteiger partial charge in [-0.15, -0.1) is 0 Å². The second-order valence-corrected chi connectivity index (χ2v) is 5.16. The van der Waals surface area contributed by atoms with Crippen LogP contribution in [0.4, 0.5) is 0 Å². The van der Waals surface area contributed by atoms with Crippen molar-refractivity contribution in [2.75, 3.05) is 19.7 Å². The molecule has 1 N–H and O–H groups in total. The van der Waals surface area contributed by atoms with Crippen LogP contribution in [-0.2, 0) is 5.41 Å². The molecule has 0 spiro atoms. The number of hydrogen-bond acceptors (Lipinski definition) is 2. The first-order chi connectivity index (χ1) is 9.39. The van der Waals surface area contributed by atoms with Gasteiger partial charge in [0.15, 0.2) is 0 Å². The largest absolute Gasteiger partial charge is 0.494 e. The Morgan fingerprint density at radius 3 is 2.11 bits per heavy atom. The van der Waals surface area contributed by atoms with E-state index >= 15 is 0 Å². The van der Waals surface area contributed by atoms with Gasteiger partial charge in [-0.3, -0.25) is 0 Å².